The van der Waals surface area contributed by atoms with Crippen molar-refractivity contribution in [3.05, 3.63) is 65.7 Å². The molecular formula is C21H24O. The second-order valence-corrected chi connectivity index (χ2v) is 4.81. The molecular weight excluding hydrogens is 268 g/mol. The van der Waals surface area contributed by atoms with Gasteiger partial charge < -0.3 is 5.11 Å². The van der Waals surface area contributed by atoms with Gasteiger partial charge in [0.25, 0.3) is 0 Å². The van der Waals surface area contributed by atoms with Gasteiger partial charge in [0.15, 0.2) is 0 Å². The number of hydrogen-bond donors (Lipinski definition) is 1. The van der Waals surface area contributed by atoms with Gasteiger partial charge in [-0.1, -0.05) is 76.2 Å². The normalized spacial score (nSPS) is 10.7. The van der Waals surface area contributed by atoms with Crippen LogP contribution in [0.4, 0.5) is 0 Å². The minimum absolute atomic E-state index is 0.386. The number of hydrogen-bond acceptors (Lipinski definition) is 1. The van der Waals surface area contributed by atoms with Gasteiger partial charge in [0.1, 0.15) is 5.75 Å². The highest BCUT2D eigenvalue weighted by Crippen LogP contribution is 2.43. The SMILES string of the molecule is CC.CC.Oc1cc2c(c3ccccc13)-c1ccccc1C2. The first-order valence-corrected chi connectivity index (χ1v) is 8.16. The molecule has 0 bridgehead atoms. The van der Waals surface area contributed by atoms with Gasteiger partial charge in [-0.3, -0.25) is 0 Å². The van der Waals surface area contributed by atoms with Crippen LogP contribution in [0.2, 0.25) is 0 Å². The maximum absolute atomic E-state index is 10.1. The third-order valence-corrected chi connectivity index (χ3v) is 3.77. The fourth-order valence-electron chi connectivity index (χ4n) is 2.99. The van der Waals surface area contributed by atoms with Crippen LogP contribution >= 0.6 is 0 Å². The van der Waals surface area contributed by atoms with E-state index in [-0.39, 0.29) is 0 Å². The van der Waals surface area contributed by atoms with Crippen molar-refractivity contribution >= 4 is 10.8 Å². The Hall–Kier alpha value is -2.28. The highest BCUT2D eigenvalue weighted by molar-refractivity contribution is 6.03. The lowest BCUT2D eigenvalue weighted by Gasteiger charge is -2.08. The predicted molar refractivity (Wildman–Crippen MR) is 96.6 cm³/mol. The summed E-state index contributed by atoms with van der Waals surface area (Å²) < 4.78 is 0. The van der Waals surface area contributed by atoms with Crippen molar-refractivity contribution in [3.63, 3.8) is 0 Å². The second-order valence-electron chi connectivity index (χ2n) is 4.81. The summed E-state index contributed by atoms with van der Waals surface area (Å²) in [5.41, 5.74) is 5.18. The van der Waals surface area contributed by atoms with Crippen molar-refractivity contribution in [3.8, 4) is 16.9 Å². The van der Waals surface area contributed by atoms with E-state index < -0.39 is 0 Å². The standard InChI is InChI=1S/C17H12O.2C2H6/c18-16-10-12-9-11-5-1-2-6-13(11)17(12)15-8-4-3-7-14(15)16;2*1-2/h1-8,10,18H,9H2;2*1-2H3. The molecule has 0 unspecified atom stereocenters. The third-order valence-electron chi connectivity index (χ3n) is 3.77. The lowest BCUT2D eigenvalue weighted by molar-refractivity contribution is 0.481. The van der Waals surface area contributed by atoms with E-state index in [9.17, 15) is 5.11 Å². The summed E-state index contributed by atoms with van der Waals surface area (Å²) in [6, 6.07) is 18.5. The van der Waals surface area contributed by atoms with Crippen molar-refractivity contribution in [2.75, 3.05) is 0 Å². The first-order valence-electron chi connectivity index (χ1n) is 8.16. The Kier molecular flexibility index (Phi) is 5.21. The molecule has 4 rings (SSSR count). The molecule has 0 saturated carbocycles. The summed E-state index contributed by atoms with van der Waals surface area (Å²) >= 11 is 0. The summed E-state index contributed by atoms with van der Waals surface area (Å²) in [5.74, 6) is 0.386. The summed E-state index contributed by atoms with van der Waals surface area (Å²) in [6.45, 7) is 8.00. The van der Waals surface area contributed by atoms with Gasteiger partial charge in [0, 0.05) is 5.39 Å². The Morgan fingerprint density at radius 3 is 2.05 bits per heavy atom. The van der Waals surface area contributed by atoms with E-state index in [1.54, 1.807) is 0 Å². The molecule has 3 aromatic rings. The number of phenolic OH excluding ortho intramolecular Hbond substituents is 1. The van der Waals surface area contributed by atoms with Crippen LogP contribution in [0.3, 0.4) is 0 Å². The average molecular weight is 292 g/mol. The molecule has 0 amide bonds. The molecule has 0 saturated heterocycles. The minimum Gasteiger partial charge on any atom is -0.507 e. The minimum atomic E-state index is 0.386. The first-order chi connectivity index (χ1) is 10.8. The molecule has 1 nitrogen and oxygen atoms in total. The van der Waals surface area contributed by atoms with E-state index in [0.29, 0.717) is 5.75 Å². The Morgan fingerprint density at radius 2 is 1.32 bits per heavy atom. The molecule has 0 heterocycles. The molecule has 22 heavy (non-hydrogen) atoms. The quantitative estimate of drug-likeness (QED) is 0.411. The highest BCUT2D eigenvalue weighted by Gasteiger charge is 2.21. The van der Waals surface area contributed by atoms with Gasteiger partial charge in [-0.2, -0.15) is 0 Å². The highest BCUT2D eigenvalue weighted by atomic mass is 16.3. The molecule has 1 aliphatic rings. The van der Waals surface area contributed by atoms with E-state index >= 15 is 0 Å². The summed E-state index contributed by atoms with van der Waals surface area (Å²) in [5, 5.41) is 12.2. The molecule has 0 spiro atoms. The number of aromatic hydroxyl groups is 1. The van der Waals surface area contributed by atoms with Gasteiger partial charge in [-0.05, 0) is 40.1 Å². The maximum atomic E-state index is 10.1. The van der Waals surface area contributed by atoms with Crippen LogP contribution in [0.5, 0.6) is 5.75 Å². The van der Waals surface area contributed by atoms with Crippen LogP contribution in [0.1, 0.15) is 38.8 Å². The zero-order chi connectivity index (χ0) is 16.1. The third kappa shape index (κ3) is 2.59. The van der Waals surface area contributed by atoms with Crippen LogP contribution in [-0.4, -0.2) is 5.11 Å². The van der Waals surface area contributed by atoms with Gasteiger partial charge in [0.05, 0.1) is 0 Å². The predicted octanol–water partition coefficient (Wildman–Crippen LogP) is 6.17. The van der Waals surface area contributed by atoms with Gasteiger partial charge >= 0.3 is 0 Å². The fourth-order valence-corrected chi connectivity index (χ4v) is 2.99. The van der Waals surface area contributed by atoms with Crippen LogP contribution < -0.4 is 0 Å². The smallest absolute Gasteiger partial charge is 0.123 e. The second kappa shape index (κ2) is 7.13. The number of phenols is 1. The fraction of sp³-hybridized carbons (Fsp3) is 0.238. The van der Waals surface area contributed by atoms with Crippen molar-refractivity contribution in [1.82, 2.24) is 0 Å². The van der Waals surface area contributed by atoms with E-state index in [0.717, 1.165) is 17.2 Å². The molecule has 1 heteroatoms. The maximum Gasteiger partial charge on any atom is 0.123 e. The van der Waals surface area contributed by atoms with E-state index in [2.05, 4.69) is 30.3 Å². The number of rotatable bonds is 0. The summed E-state index contributed by atoms with van der Waals surface area (Å²) in [6.07, 6.45) is 0.921. The Bertz CT molecular complexity index is 772. The zero-order valence-electron chi connectivity index (χ0n) is 13.9. The van der Waals surface area contributed by atoms with Crippen LogP contribution in [0.25, 0.3) is 21.9 Å². The molecule has 0 aromatic heterocycles. The lowest BCUT2D eigenvalue weighted by atomic mass is 9.97. The van der Waals surface area contributed by atoms with E-state index in [4.69, 9.17) is 0 Å². The molecule has 1 aliphatic carbocycles. The topological polar surface area (TPSA) is 20.2 Å². The van der Waals surface area contributed by atoms with Crippen molar-refractivity contribution < 1.29 is 5.11 Å². The van der Waals surface area contributed by atoms with Crippen LogP contribution in [0, 0.1) is 0 Å². The van der Waals surface area contributed by atoms with E-state index in [1.165, 1.54) is 22.3 Å². The summed E-state index contributed by atoms with van der Waals surface area (Å²) in [4.78, 5) is 0. The summed E-state index contributed by atoms with van der Waals surface area (Å²) in [7, 11) is 0. The lowest BCUT2D eigenvalue weighted by Crippen LogP contribution is -1.83. The van der Waals surface area contributed by atoms with Crippen LogP contribution in [-0.2, 0) is 6.42 Å². The Balaban J connectivity index is 0.000000410. The van der Waals surface area contributed by atoms with Gasteiger partial charge in [0.2, 0.25) is 0 Å². The van der Waals surface area contributed by atoms with Gasteiger partial charge in [-0.15, -0.1) is 0 Å². The van der Waals surface area contributed by atoms with Crippen molar-refractivity contribution in [2.24, 2.45) is 0 Å². The molecule has 3 aromatic carbocycles. The zero-order valence-corrected chi connectivity index (χ0v) is 13.9. The largest absolute Gasteiger partial charge is 0.507 e. The van der Waals surface area contributed by atoms with E-state index in [1.807, 2.05) is 52.0 Å². The number of fused-ring (bicyclic) bond motifs is 5. The molecule has 114 valence electrons. The monoisotopic (exact) mass is 292 g/mol. The first kappa shape index (κ1) is 16.1. The molecule has 0 aliphatic heterocycles. The van der Waals surface area contributed by atoms with Crippen LogP contribution in [0.15, 0.2) is 54.6 Å². The van der Waals surface area contributed by atoms with Gasteiger partial charge in [-0.25, -0.2) is 0 Å². The molecule has 0 fully saturated rings. The van der Waals surface area contributed by atoms with Crippen molar-refractivity contribution in [2.45, 2.75) is 34.1 Å². The Morgan fingerprint density at radius 1 is 0.727 bits per heavy atom. The number of benzene rings is 3. The molecule has 1 N–H and O–H groups in total. The van der Waals surface area contributed by atoms with Crippen molar-refractivity contribution in [1.29, 1.82) is 0 Å². The molecule has 0 atom stereocenters. The molecule has 0 radical (unpaired) electrons. The average Bonchev–Trinajstić information content (AvgIpc) is 2.97. The Labute approximate surface area is 133 Å².